The van der Waals surface area contributed by atoms with E-state index in [-0.39, 0.29) is 10.8 Å². The van der Waals surface area contributed by atoms with E-state index in [1.165, 1.54) is 12.1 Å². The number of hydrogen-bond acceptors (Lipinski definition) is 5. The summed E-state index contributed by atoms with van der Waals surface area (Å²) >= 11 is 0. The van der Waals surface area contributed by atoms with Crippen LogP contribution in [0, 0.1) is 10.1 Å². The van der Waals surface area contributed by atoms with E-state index in [9.17, 15) is 24.5 Å². The molecule has 0 radical (unpaired) electrons. The van der Waals surface area contributed by atoms with Crippen LogP contribution in [0.4, 0.5) is 10.5 Å². The summed E-state index contributed by atoms with van der Waals surface area (Å²) in [5.41, 5.74) is 2.53. The highest BCUT2D eigenvalue weighted by Gasteiger charge is 2.19. The van der Waals surface area contributed by atoms with Crippen LogP contribution in [0.5, 0.6) is 0 Å². The van der Waals surface area contributed by atoms with Crippen LogP contribution in [0.1, 0.15) is 0 Å². The number of rotatable bonds is 1. The van der Waals surface area contributed by atoms with Crippen LogP contribution in [0.3, 0.4) is 0 Å². The molecule has 0 bridgehead atoms. The van der Waals surface area contributed by atoms with Gasteiger partial charge in [0.2, 0.25) is 0 Å². The van der Waals surface area contributed by atoms with Gasteiger partial charge < -0.3 is 5.73 Å². The molecule has 2 aromatic rings. The minimum Gasteiger partial charge on any atom is -0.350 e. The highest BCUT2D eigenvalue weighted by Crippen LogP contribution is 2.18. The number of nitro benzene ring substituents is 1. The molecule has 0 unspecified atom stereocenters. The van der Waals surface area contributed by atoms with Crippen molar-refractivity contribution in [1.29, 1.82) is 0 Å². The monoisotopic (exact) mass is 250 g/mol. The number of nitrogens with one attached hydrogen (secondary N) is 1. The Balaban J connectivity index is 3.07. The number of amides is 1. The zero-order valence-corrected chi connectivity index (χ0v) is 8.75. The van der Waals surface area contributed by atoms with Gasteiger partial charge in [-0.05, 0) is 6.07 Å². The van der Waals surface area contributed by atoms with Crippen molar-refractivity contribution in [2.75, 3.05) is 0 Å². The van der Waals surface area contributed by atoms with E-state index in [1.807, 2.05) is 5.10 Å². The van der Waals surface area contributed by atoms with E-state index in [4.69, 9.17) is 5.73 Å². The molecule has 0 aliphatic rings. The zero-order valence-electron chi connectivity index (χ0n) is 8.75. The quantitative estimate of drug-likeness (QED) is 0.519. The van der Waals surface area contributed by atoms with Crippen molar-refractivity contribution < 1.29 is 9.72 Å². The largest absolute Gasteiger partial charge is 0.350 e. The number of non-ortho nitro benzene ring substituents is 1. The number of carbonyl (C=O) groups excluding carboxylic acids is 1. The van der Waals surface area contributed by atoms with Crippen molar-refractivity contribution >= 4 is 22.5 Å². The number of nitrogens with zero attached hydrogens (tertiary/aromatic N) is 2. The number of aromatic amines is 1. The van der Waals surface area contributed by atoms with E-state index in [0.29, 0.717) is 4.68 Å². The molecule has 9 heteroatoms. The number of fused-ring (bicyclic) bond motifs is 1. The highest BCUT2D eigenvalue weighted by atomic mass is 16.6. The summed E-state index contributed by atoms with van der Waals surface area (Å²) in [4.78, 5) is 44.3. The lowest BCUT2D eigenvalue weighted by atomic mass is 10.1. The van der Waals surface area contributed by atoms with Gasteiger partial charge in [-0.3, -0.25) is 24.8 Å². The van der Waals surface area contributed by atoms with Gasteiger partial charge in [0.15, 0.2) is 0 Å². The predicted molar refractivity (Wildman–Crippen MR) is 60.5 cm³/mol. The number of nitrogens with two attached hydrogens (primary N) is 1. The van der Waals surface area contributed by atoms with E-state index < -0.39 is 27.8 Å². The summed E-state index contributed by atoms with van der Waals surface area (Å²) < 4.78 is 0.300. The number of nitro groups is 1. The molecule has 9 nitrogen and oxygen atoms in total. The summed E-state index contributed by atoms with van der Waals surface area (Å²) in [6.07, 6.45) is 0. The topological polar surface area (TPSA) is 141 Å². The summed E-state index contributed by atoms with van der Waals surface area (Å²) in [5.74, 6) is 0. The van der Waals surface area contributed by atoms with E-state index in [0.717, 1.165) is 6.07 Å². The van der Waals surface area contributed by atoms with Gasteiger partial charge in [-0.1, -0.05) is 6.07 Å². The van der Waals surface area contributed by atoms with Gasteiger partial charge in [-0.15, -0.1) is 0 Å². The molecule has 0 saturated heterocycles. The molecule has 1 heterocycles. The molecule has 0 aliphatic heterocycles. The second-order valence-electron chi connectivity index (χ2n) is 3.38. The van der Waals surface area contributed by atoms with Gasteiger partial charge >= 0.3 is 6.03 Å². The number of benzene rings is 1. The Kier molecular flexibility index (Phi) is 2.43. The lowest BCUT2D eigenvalue weighted by Gasteiger charge is -2.02. The third-order valence-corrected chi connectivity index (χ3v) is 2.33. The molecule has 1 amide bonds. The fourth-order valence-corrected chi connectivity index (χ4v) is 1.59. The van der Waals surface area contributed by atoms with Crippen LogP contribution >= 0.6 is 0 Å². The summed E-state index contributed by atoms with van der Waals surface area (Å²) in [6.45, 7) is 0. The zero-order chi connectivity index (χ0) is 13.4. The fraction of sp³-hybridized carbons (Fsp3) is 0. The summed E-state index contributed by atoms with van der Waals surface area (Å²) in [6, 6.07) is 2.36. The van der Waals surface area contributed by atoms with E-state index in [2.05, 4.69) is 0 Å². The average Bonchev–Trinajstić information content (AvgIpc) is 2.32. The SMILES string of the molecule is NC(=O)n1[nH]c(=O)c2c([N+](=O)[O-])cccc2c1=O. The van der Waals surface area contributed by atoms with Crippen LogP contribution in [-0.2, 0) is 0 Å². The van der Waals surface area contributed by atoms with Crippen LogP contribution in [-0.4, -0.2) is 20.7 Å². The lowest BCUT2D eigenvalue weighted by Crippen LogP contribution is -2.38. The first kappa shape index (κ1) is 11.5. The third kappa shape index (κ3) is 1.54. The first-order valence-corrected chi connectivity index (χ1v) is 4.65. The number of primary amides is 1. The average molecular weight is 250 g/mol. The maximum absolute atomic E-state index is 11.8. The first-order chi connectivity index (χ1) is 8.43. The Bertz CT molecular complexity index is 788. The first-order valence-electron chi connectivity index (χ1n) is 4.65. The molecule has 92 valence electrons. The third-order valence-electron chi connectivity index (χ3n) is 2.33. The number of carbonyl (C=O) groups is 1. The molecule has 0 fully saturated rings. The van der Waals surface area contributed by atoms with Gasteiger partial charge in [-0.2, -0.15) is 4.68 Å². The van der Waals surface area contributed by atoms with E-state index >= 15 is 0 Å². The van der Waals surface area contributed by atoms with Crippen LogP contribution in [0.15, 0.2) is 27.8 Å². The Morgan fingerprint density at radius 2 is 2.06 bits per heavy atom. The van der Waals surface area contributed by atoms with Crippen molar-refractivity contribution in [3.05, 3.63) is 49.0 Å². The summed E-state index contributed by atoms with van der Waals surface area (Å²) in [5, 5.41) is 12.0. The molecule has 0 saturated carbocycles. The van der Waals surface area contributed by atoms with Gasteiger partial charge in [0.05, 0.1) is 10.3 Å². The summed E-state index contributed by atoms with van der Waals surface area (Å²) in [7, 11) is 0. The second-order valence-corrected chi connectivity index (χ2v) is 3.38. The molecular formula is C9H6N4O5. The predicted octanol–water partition coefficient (Wildman–Crippen LogP) is -0.475. The van der Waals surface area contributed by atoms with Crippen LogP contribution < -0.4 is 16.9 Å². The fourth-order valence-electron chi connectivity index (χ4n) is 1.59. The molecule has 3 N–H and O–H groups in total. The van der Waals surface area contributed by atoms with Gasteiger partial charge in [-0.25, -0.2) is 4.79 Å². The molecule has 2 rings (SSSR count). The maximum atomic E-state index is 11.8. The smallest absolute Gasteiger partial charge is 0.341 e. The second kappa shape index (κ2) is 3.80. The maximum Gasteiger partial charge on any atom is 0.341 e. The molecule has 0 spiro atoms. The van der Waals surface area contributed by atoms with Crippen LogP contribution in [0.25, 0.3) is 10.8 Å². The minimum absolute atomic E-state index is 0.244. The molecule has 18 heavy (non-hydrogen) atoms. The number of hydrogen-bond donors (Lipinski definition) is 2. The molecule has 1 aromatic heterocycles. The van der Waals surface area contributed by atoms with Crippen molar-refractivity contribution in [2.45, 2.75) is 0 Å². The lowest BCUT2D eigenvalue weighted by molar-refractivity contribution is -0.383. The highest BCUT2D eigenvalue weighted by molar-refractivity contribution is 5.90. The van der Waals surface area contributed by atoms with Gasteiger partial charge in [0, 0.05) is 6.07 Å². The minimum atomic E-state index is -1.18. The van der Waals surface area contributed by atoms with Gasteiger partial charge in [0.1, 0.15) is 5.39 Å². The molecule has 1 aromatic carbocycles. The van der Waals surface area contributed by atoms with Crippen molar-refractivity contribution in [1.82, 2.24) is 9.78 Å². The molecule has 0 aliphatic carbocycles. The Morgan fingerprint density at radius 1 is 1.39 bits per heavy atom. The van der Waals surface area contributed by atoms with Crippen molar-refractivity contribution in [3.63, 3.8) is 0 Å². The van der Waals surface area contributed by atoms with E-state index in [1.54, 1.807) is 0 Å². The van der Waals surface area contributed by atoms with Crippen molar-refractivity contribution in [2.24, 2.45) is 5.73 Å². The van der Waals surface area contributed by atoms with Gasteiger partial charge in [0.25, 0.3) is 16.8 Å². The van der Waals surface area contributed by atoms with Crippen LogP contribution in [0.2, 0.25) is 0 Å². The number of aromatic nitrogens is 2. The molecular weight excluding hydrogens is 244 g/mol. The van der Waals surface area contributed by atoms with Crippen molar-refractivity contribution in [3.8, 4) is 0 Å². The normalized spacial score (nSPS) is 10.4. The Labute approximate surface area is 97.6 Å². The Hall–Kier alpha value is -2.97. The standard InChI is InChI=1S/C9H6N4O5/c10-9(16)12-8(15)4-2-1-3-5(13(17)18)6(4)7(14)11-12/h1-3H,(H2,10,16)(H,11,14). The number of H-pyrrole nitrogens is 1. The Morgan fingerprint density at radius 3 is 2.61 bits per heavy atom. The molecule has 0 atom stereocenters.